The molecule has 0 bridgehead atoms. The molecule has 15 rings (SSSR count). The van der Waals surface area contributed by atoms with Crippen LogP contribution in [-0.4, -0.2) is 136 Å². The van der Waals surface area contributed by atoms with Crippen LogP contribution < -0.4 is 10.2 Å². The predicted octanol–water partition coefficient (Wildman–Crippen LogP) is 14.7. The molecular weight excluding hydrogens is 1310 g/mol. The Hall–Kier alpha value is -9.20. The number of aryl methyl sites for hydroxylation is 6. The number of aromatic nitrogens is 6. The van der Waals surface area contributed by atoms with Crippen molar-refractivity contribution in [2.75, 3.05) is 49.5 Å². The van der Waals surface area contributed by atoms with Crippen molar-refractivity contribution in [1.29, 1.82) is 0 Å². The minimum absolute atomic E-state index is 0.101. The number of nitrogens with one attached hydrogen (secondary N) is 1. The van der Waals surface area contributed by atoms with Gasteiger partial charge in [0.2, 0.25) is 5.91 Å². The second kappa shape index (κ2) is 31.8. The van der Waals surface area contributed by atoms with E-state index < -0.39 is 24.3 Å². The minimum Gasteiger partial charge on any atom is -0.446 e. The maximum Gasteiger partial charge on any atom is 0.410 e. The van der Waals surface area contributed by atoms with Gasteiger partial charge in [0, 0.05) is 98.6 Å². The van der Waals surface area contributed by atoms with Gasteiger partial charge in [0.05, 0.1) is 54.1 Å². The molecule has 4 amide bonds. The fourth-order valence-electron chi connectivity index (χ4n) is 15.8. The van der Waals surface area contributed by atoms with Crippen LogP contribution in [0.1, 0.15) is 149 Å². The summed E-state index contributed by atoms with van der Waals surface area (Å²) >= 11 is 13.0. The summed E-state index contributed by atoms with van der Waals surface area (Å²) in [5, 5.41) is 4.55. The lowest BCUT2D eigenvalue weighted by atomic mass is 9.95. The molecule has 2 saturated heterocycles. The van der Waals surface area contributed by atoms with Crippen LogP contribution >= 0.6 is 23.2 Å². The third-order valence-electron chi connectivity index (χ3n) is 20.9. The number of nitrogens with zero attached hydrogens (tertiary/aromatic N) is 11. The lowest BCUT2D eigenvalue weighted by molar-refractivity contribution is -0.126. The number of ether oxygens (including phenoxy) is 2. The van der Waals surface area contributed by atoms with Crippen LogP contribution in [-0.2, 0) is 64.4 Å². The van der Waals surface area contributed by atoms with E-state index in [-0.39, 0.29) is 36.1 Å². The SMILES string of the molecule is Cc1cn(Cc2cccc(N(Cc3ccccc3)C(=O)C3CN(C4c5ccc(Cl)cc5CCc5cccnc54)CCN3C(=O)OC3CCCCC3)c2)cn1.Cc1cn(Cc2cccc(NC(=O)C3CN(C4c5ccc(Cl)cc5CCc5cccnc54)CCN3C(=O)OC3CCCCC3)c2)cn1. The summed E-state index contributed by atoms with van der Waals surface area (Å²) in [4.78, 5) is 86.0. The molecule has 20 heteroatoms. The van der Waals surface area contributed by atoms with E-state index in [1.807, 2.05) is 150 Å². The number of pyridine rings is 2. The van der Waals surface area contributed by atoms with E-state index in [9.17, 15) is 14.4 Å². The molecular formula is C81H88Cl2N12O6. The zero-order chi connectivity index (χ0) is 69.3. The molecule has 6 heterocycles. The molecule has 9 aromatic rings. The van der Waals surface area contributed by atoms with Crippen molar-refractivity contribution in [1.82, 2.24) is 48.7 Å². The first-order valence-electron chi connectivity index (χ1n) is 36.0. The number of carbonyl (C=O) groups excluding carboxylic acids is 4. The van der Waals surface area contributed by atoms with E-state index in [4.69, 9.17) is 42.6 Å². The van der Waals surface area contributed by atoms with Crippen molar-refractivity contribution in [2.24, 2.45) is 0 Å². The highest BCUT2D eigenvalue weighted by atomic mass is 35.5. The lowest BCUT2D eigenvalue weighted by Crippen LogP contribution is -2.62. The van der Waals surface area contributed by atoms with Crippen molar-refractivity contribution in [3.8, 4) is 0 Å². The van der Waals surface area contributed by atoms with Crippen LogP contribution in [0, 0.1) is 13.8 Å². The Morgan fingerprint density at radius 3 is 1.53 bits per heavy atom. The predicted molar refractivity (Wildman–Crippen MR) is 392 cm³/mol. The van der Waals surface area contributed by atoms with Crippen LogP contribution in [0.2, 0.25) is 10.0 Å². The fourth-order valence-corrected chi connectivity index (χ4v) is 16.2. The monoisotopic (exact) mass is 1390 g/mol. The normalized spacial score (nSPS) is 19.6. The van der Waals surface area contributed by atoms with E-state index in [0.29, 0.717) is 74.6 Å². The van der Waals surface area contributed by atoms with Gasteiger partial charge in [0.25, 0.3) is 5.91 Å². The van der Waals surface area contributed by atoms with Crippen LogP contribution in [0.5, 0.6) is 0 Å². The zero-order valence-corrected chi connectivity index (χ0v) is 59.1. The summed E-state index contributed by atoms with van der Waals surface area (Å²) in [7, 11) is 0. The Balaban J connectivity index is 0.000000173. The maximum absolute atomic E-state index is 15.4. The van der Waals surface area contributed by atoms with Gasteiger partial charge in [-0.2, -0.15) is 0 Å². The number of anilines is 2. The standard InChI is InChI=1S/C44H47ClN6O3.C37H41ClN6O3/c1-31-26-48(30-47-31)27-33-12-8-14-37(24-33)51(28-32-10-4-2-5-11-32)43(52)40-29-49(22-23-50(40)44(53)54-38-15-6-3-7-16-38)42-39-20-19-36(45)25-35(39)18-17-34-13-9-21-46-41(34)42;1-25-21-42(24-40-25)22-26-7-5-9-30(19-26)41-36(45)33-23-43(17-18-44(33)37(46)47-31-10-3-2-4-11-31)35-32-15-14-29(38)20-28(32)13-12-27-8-6-16-39-34(27)35/h2,4-5,8-14,19-21,24-26,30,38,40,42H,3,6-7,15-18,22-23,27-29H2,1H3;5-9,14-16,19-21,24,31,33,35H,2-4,10-13,17-18,22-23H2,1H3,(H,41,45). The summed E-state index contributed by atoms with van der Waals surface area (Å²) in [6, 6.07) is 44.5. The minimum atomic E-state index is -0.801. The molecule has 6 aliphatic rings. The highest BCUT2D eigenvalue weighted by Gasteiger charge is 2.45. The first-order chi connectivity index (χ1) is 49.3. The molecule has 101 heavy (non-hydrogen) atoms. The summed E-state index contributed by atoms with van der Waals surface area (Å²) in [6.45, 7) is 8.06. The molecule has 4 atom stereocenters. The molecule has 0 radical (unpaired) electrons. The van der Waals surface area contributed by atoms with Gasteiger partial charge in [-0.25, -0.2) is 19.6 Å². The Kier molecular flexibility index (Phi) is 21.7. The van der Waals surface area contributed by atoms with Crippen LogP contribution in [0.25, 0.3) is 0 Å². The van der Waals surface area contributed by atoms with Gasteiger partial charge in [-0.1, -0.05) is 115 Å². The number of carbonyl (C=O) groups is 4. The molecule has 4 aromatic heterocycles. The molecule has 4 fully saturated rings. The molecule has 1 N–H and O–H groups in total. The highest BCUT2D eigenvalue weighted by molar-refractivity contribution is 6.31. The van der Waals surface area contributed by atoms with Crippen LogP contribution in [0.15, 0.2) is 177 Å². The largest absolute Gasteiger partial charge is 0.446 e. The Morgan fingerprint density at radius 2 is 1.00 bits per heavy atom. The molecule has 4 unspecified atom stereocenters. The molecule has 18 nitrogen and oxygen atoms in total. The first-order valence-corrected chi connectivity index (χ1v) is 36.7. The number of piperazine rings is 2. The molecule has 4 aliphatic carbocycles. The van der Waals surface area contributed by atoms with Crippen molar-refractivity contribution < 1.29 is 28.7 Å². The molecule has 522 valence electrons. The summed E-state index contributed by atoms with van der Waals surface area (Å²) < 4.78 is 16.3. The third kappa shape index (κ3) is 16.4. The van der Waals surface area contributed by atoms with Crippen LogP contribution in [0.3, 0.4) is 0 Å². The van der Waals surface area contributed by atoms with Gasteiger partial charge in [-0.15, -0.1) is 0 Å². The maximum atomic E-state index is 15.4. The fraction of sp³-hybridized carbons (Fsp3) is 0.383. The number of fused-ring (bicyclic) bond motifs is 4. The van der Waals surface area contributed by atoms with Gasteiger partial charge in [-0.3, -0.25) is 39.2 Å². The second-order valence-corrected chi connectivity index (χ2v) is 28.8. The topological polar surface area (TPSA) is 176 Å². The quantitative estimate of drug-likeness (QED) is 0.109. The van der Waals surface area contributed by atoms with Crippen molar-refractivity contribution in [2.45, 2.75) is 160 Å². The average molecular weight is 1400 g/mol. The number of amides is 4. The van der Waals surface area contributed by atoms with E-state index in [1.54, 1.807) is 16.1 Å². The zero-order valence-electron chi connectivity index (χ0n) is 57.6. The number of rotatable bonds is 14. The van der Waals surface area contributed by atoms with Crippen molar-refractivity contribution >= 4 is 58.6 Å². The van der Waals surface area contributed by atoms with Crippen molar-refractivity contribution in [3.05, 3.63) is 260 Å². The molecule has 5 aromatic carbocycles. The number of hydrogen-bond acceptors (Lipinski definition) is 12. The van der Waals surface area contributed by atoms with Crippen molar-refractivity contribution in [3.63, 3.8) is 0 Å². The van der Waals surface area contributed by atoms with Gasteiger partial charge in [0.15, 0.2) is 0 Å². The summed E-state index contributed by atoms with van der Waals surface area (Å²) in [6.07, 6.45) is 23.7. The summed E-state index contributed by atoms with van der Waals surface area (Å²) in [5.41, 5.74) is 15.5. The highest BCUT2D eigenvalue weighted by Crippen LogP contribution is 2.41. The van der Waals surface area contributed by atoms with Gasteiger partial charge >= 0.3 is 12.2 Å². The Labute approximate surface area is 601 Å². The molecule has 2 aliphatic heterocycles. The third-order valence-corrected chi connectivity index (χ3v) is 21.3. The molecule has 2 saturated carbocycles. The van der Waals surface area contributed by atoms with Gasteiger partial charge in [0.1, 0.15) is 24.3 Å². The van der Waals surface area contributed by atoms with E-state index >= 15 is 4.79 Å². The number of benzene rings is 5. The van der Waals surface area contributed by atoms with E-state index in [2.05, 4.69) is 73.6 Å². The molecule has 0 spiro atoms. The van der Waals surface area contributed by atoms with Gasteiger partial charge in [-0.05, 0) is 202 Å². The first kappa shape index (κ1) is 68.9. The van der Waals surface area contributed by atoms with Gasteiger partial charge < -0.3 is 28.8 Å². The lowest BCUT2D eigenvalue weighted by Gasteiger charge is -2.45. The summed E-state index contributed by atoms with van der Waals surface area (Å²) in [5.74, 6) is -0.386. The van der Waals surface area contributed by atoms with E-state index in [1.165, 1.54) is 28.7 Å². The Morgan fingerprint density at radius 1 is 0.505 bits per heavy atom. The Bertz CT molecular complexity index is 4400. The smallest absolute Gasteiger partial charge is 0.410 e. The second-order valence-electron chi connectivity index (χ2n) is 27.9. The number of imidazole rings is 2. The average Bonchev–Trinajstić information content (AvgIpc) is 1.69. The van der Waals surface area contributed by atoms with Crippen LogP contribution in [0.4, 0.5) is 21.0 Å². The van der Waals surface area contributed by atoms with E-state index in [0.717, 1.165) is 140 Å². The number of hydrogen-bond donors (Lipinski definition) is 1. The number of halogens is 2.